The van der Waals surface area contributed by atoms with Crippen molar-refractivity contribution in [1.29, 1.82) is 0 Å². The Bertz CT molecular complexity index is 410. The van der Waals surface area contributed by atoms with Crippen molar-refractivity contribution in [3.8, 4) is 0 Å². The van der Waals surface area contributed by atoms with Crippen LogP contribution in [0, 0.1) is 5.41 Å². The Kier molecular flexibility index (Phi) is 4.33. The van der Waals surface area contributed by atoms with Crippen LogP contribution in [-0.2, 0) is 17.6 Å². The molecule has 0 amide bonds. The van der Waals surface area contributed by atoms with E-state index in [1.165, 1.54) is 11.1 Å². The van der Waals surface area contributed by atoms with Crippen molar-refractivity contribution in [1.82, 2.24) is 0 Å². The van der Waals surface area contributed by atoms with Crippen molar-refractivity contribution >= 4 is 5.78 Å². The summed E-state index contributed by atoms with van der Waals surface area (Å²) in [5.74, 6) is 0.163. The van der Waals surface area contributed by atoms with E-state index in [0.717, 1.165) is 0 Å². The second-order valence-electron chi connectivity index (χ2n) is 5.86. The number of carbonyl (C=O) groups is 1. The van der Waals surface area contributed by atoms with Gasteiger partial charge in [-0.2, -0.15) is 0 Å². The molecule has 0 atom stereocenters. The Balaban J connectivity index is 0.00000103. The summed E-state index contributed by atoms with van der Waals surface area (Å²) >= 11 is 0. The van der Waals surface area contributed by atoms with Crippen molar-refractivity contribution in [2.45, 2.75) is 53.0 Å². The summed E-state index contributed by atoms with van der Waals surface area (Å²) in [7, 11) is 0. The zero-order chi connectivity index (χ0) is 14.0. The number of ketones is 1. The van der Waals surface area contributed by atoms with Crippen molar-refractivity contribution in [3.05, 3.63) is 35.4 Å². The molecule has 0 heterocycles. The lowest BCUT2D eigenvalue weighted by Crippen LogP contribution is -2.53. The van der Waals surface area contributed by atoms with Gasteiger partial charge in [0.2, 0.25) is 0 Å². The van der Waals surface area contributed by atoms with Gasteiger partial charge >= 0.3 is 0 Å². The van der Waals surface area contributed by atoms with Crippen molar-refractivity contribution in [2.75, 3.05) is 0 Å². The quantitative estimate of drug-likeness (QED) is 0.829. The molecule has 2 heteroatoms. The molecule has 0 saturated carbocycles. The van der Waals surface area contributed by atoms with Gasteiger partial charge in [0.1, 0.15) is 0 Å². The SMILES string of the molecule is CC.CC(C)(C)C(=O)C1(N)Cc2ccccc2C1.[HH]. The van der Waals surface area contributed by atoms with Crippen molar-refractivity contribution < 1.29 is 6.22 Å². The van der Waals surface area contributed by atoms with Gasteiger partial charge in [0.15, 0.2) is 5.78 Å². The Hall–Kier alpha value is -1.15. The van der Waals surface area contributed by atoms with Crippen LogP contribution in [0.4, 0.5) is 0 Å². The van der Waals surface area contributed by atoms with Gasteiger partial charge in [0, 0.05) is 6.84 Å². The maximum absolute atomic E-state index is 12.3. The van der Waals surface area contributed by atoms with E-state index in [2.05, 4.69) is 12.1 Å². The van der Waals surface area contributed by atoms with E-state index in [1.807, 2.05) is 46.8 Å². The van der Waals surface area contributed by atoms with Crippen molar-refractivity contribution in [3.63, 3.8) is 0 Å². The first-order valence-electron chi connectivity index (χ1n) is 6.73. The van der Waals surface area contributed by atoms with E-state index in [0.29, 0.717) is 12.8 Å². The van der Waals surface area contributed by atoms with E-state index < -0.39 is 5.54 Å². The molecule has 1 aromatic carbocycles. The summed E-state index contributed by atoms with van der Waals surface area (Å²) in [4.78, 5) is 12.3. The second kappa shape index (κ2) is 5.23. The average molecular weight is 249 g/mol. The number of fused-ring (bicyclic) bond motifs is 1. The highest BCUT2D eigenvalue weighted by molar-refractivity contribution is 5.94. The number of carbonyl (C=O) groups excluding carboxylic acids is 1. The van der Waals surface area contributed by atoms with Crippen LogP contribution < -0.4 is 5.73 Å². The minimum absolute atomic E-state index is 0. The van der Waals surface area contributed by atoms with Gasteiger partial charge in [0.25, 0.3) is 0 Å². The summed E-state index contributed by atoms with van der Waals surface area (Å²) in [5.41, 5.74) is 7.68. The van der Waals surface area contributed by atoms with Crippen LogP contribution in [0.1, 0.15) is 47.2 Å². The van der Waals surface area contributed by atoms with E-state index in [1.54, 1.807) is 0 Å². The monoisotopic (exact) mass is 249 g/mol. The normalized spacial score (nSPS) is 16.6. The lowest BCUT2D eigenvalue weighted by atomic mass is 9.77. The molecule has 1 aromatic rings. The zero-order valence-electron chi connectivity index (χ0n) is 12.2. The number of nitrogens with two attached hydrogens (primary N) is 1. The van der Waals surface area contributed by atoms with Crippen LogP contribution in [0.5, 0.6) is 0 Å². The highest BCUT2D eigenvalue weighted by Gasteiger charge is 2.44. The predicted molar refractivity (Wildman–Crippen MR) is 78.7 cm³/mol. The molecule has 0 radical (unpaired) electrons. The number of hydrogen-bond acceptors (Lipinski definition) is 2. The fraction of sp³-hybridized carbons (Fsp3) is 0.562. The molecule has 0 unspecified atom stereocenters. The minimum atomic E-state index is -0.693. The van der Waals surface area contributed by atoms with Gasteiger partial charge in [0.05, 0.1) is 5.54 Å². The van der Waals surface area contributed by atoms with Gasteiger partial charge in [-0.3, -0.25) is 4.79 Å². The molecule has 2 N–H and O–H groups in total. The predicted octanol–water partition coefficient (Wildman–Crippen LogP) is 3.37. The third kappa shape index (κ3) is 2.81. The lowest BCUT2D eigenvalue weighted by Gasteiger charge is -2.30. The molecule has 0 spiro atoms. The summed E-state index contributed by atoms with van der Waals surface area (Å²) in [5, 5.41) is 0. The van der Waals surface area contributed by atoms with Crippen LogP contribution in [0.2, 0.25) is 0 Å². The molecule has 0 bridgehead atoms. The highest BCUT2D eigenvalue weighted by Crippen LogP contribution is 2.33. The topological polar surface area (TPSA) is 43.1 Å². The Morgan fingerprint density at radius 1 is 1.17 bits per heavy atom. The summed E-state index contributed by atoms with van der Waals surface area (Å²) < 4.78 is 0. The highest BCUT2D eigenvalue weighted by atomic mass is 16.1. The maximum atomic E-state index is 12.3. The first-order valence-corrected chi connectivity index (χ1v) is 6.73. The van der Waals surface area contributed by atoms with Crippen molar-refractivity contribution in [2.24, 2.45) is 11.1 Å². The van der Waals surface area contributed by atoms with Crippen LogP contribution in [-0.4, -0.2) is 11.3 Å². The molecular weight excluding hydrogens is 222 g/mol. The molecule has 2 rings (SSSR count). The van der Waals surface area contributed by atoms with E-state index in [9.17, 15) is 4.79 Å². The number of rotatable bonds is 1. The molecule has 0 aromatic heterocycles. The Labute approximate surface area is 112 Å². The largest absolute Gasteiger partial charge is 0.318 e. The molecule has 1 aliphatic rings. The fourth-order valence-electron chi connectivity index (χ4n) is 2.55. The molecule has 0 saturated heterocycles. The molecule has 102 valence electrons. The van der Waals surface area contributed by atoms with Gasteiger partial charge in [-0.05, 0) is 24.0 Å². The van der Waals surface area contributed by atoms with Gasteiger partial charge < -0.3 is 5.73 Å². The van der Waals surface area contributed by atoms with Crippen LogP contribution >= 0.6 is 0 Å². The third-order valence-electron chi connectivity index (χ3n) is 3.26. The number of Topliss-reactive ketones (excluding diaryl/α,β-unsaturated/α-hetero) is 1. The number of benzene rings is 1. The Morgan fingerprint density at radius 3 is 1.89 bits per heavy atom. The summed E-state index contributed by atoms with van der Waals surface area (Å²) in [6.07, 6.45) is 1.36. The zero-order valence-corrected chi connectivity index (χ0v) is 12.2. The first-order chi connectivity index (χ1) is 8.33. The van der Waals surface area contributed by atoms with Gasteiger partial charge in [-0.1, -0.05) is 58.9 Å². The van der Waals surface area contributed by atoms with E-state index in [4.69, 9.17) is 5.73 Å². The molecule has 18 heavy (non-hydrogen) atoms. The van der Waals surface area contributed by atoms with Gasteiger partial charge in [-0.25, -0.2) is 0 Å². The molecule has 2 nitrogen and oxygen atoms in total. The van der Waals surface area contributed by atoms with Crippen LogP contribution in [0.15, 0.2) is 24.3 Å². The van der Waals surface area contributed by atoms with Crippen LogP contribution in [0.25, 0.3) is 0 Å². The lowest BCUT2D eigenvalue weighted by molar-refractivity contribution is -0.131. The van der Waals surface area contributed by atoms with E-state index in [-0.39, 0.29) is 12.6 Å². The fourth-order valence-corrected chi connectivity index (χ4v) is 2.55. The molecule has 1 aliphatic carbocycles. The molecule has 0 aliphatic heterocycles. The average Bonchev–Trinajstić information content (AvgIpc) is 2.67. The third-order valence-corrected chi connectivity index (χ3v) is 3.26. The standard InChI is InChI=1S/C14H19NO.C2H6.H2/c1-13(2,3)12(16)14(15)8-10-6-4-5-7-11(10)9-14;1-2;/h4-7H,8-9,15H2,1-3H3;1-2H3;1H. The maximum Gasteiger partial charge on any atom is 0.158 e. The smallest absolute Gasteiger partial charge is 0.158 e. The molecular formula is C16H27NO. The minimum Gasteiger partial charge on any atom is -0.318 e. The Morgan fingerprint density at radius 2 is 1.56 bits per heavy atom. The summed E-state index contributed by atoms with van der Waals surface area (Å²) in [6.45, 7) is 9.81. The first kappa shape index (κ1) is 14.9. The van der Waals surface area contributed by atoms with Crippen LogP contribution in [0.3, 0.4) is 0 Å². The van der Waals surface area contributed by atoms with Gasteiger partial charge in [-0.15, -0.1) is 0 Å². The van der Waals surface area contributed by atoms with E-state index >= 15 is 0 Å². The molecule has 0 fully saturated rings. The summed E-state index contributed by atoms with van der Waals surface area (Å²) in [6, 6.07) is 8.15. The number of hydrogen-bond donors (Lipinski definition) is 1. The second-order valence-corrected chi connectivity index (χ2v) is 5.86.